The van der Waals surface area contributed by atoms with Crippen LogP contribution in [0.1, 0.15) is 18.0 Å². The lowest BCUT2D eigenvalue weighted by Gasteiger charge is -2.10. The van der Waals surface area contributed by atoms with Gasteiger partial charge in [-0.15, -0.1) is 0 Å². The lowest BCUT2D eigenvalue weighted by Crippen LogP contribution is -2.24. The van der Waals surface area contributed by atoms with E-state index in [1.54, 1.807) is 0 Å². The third kappa shape index (κ3) is 1.62. The van der Waals surface area contributed by atoms with Gasteiger partial charge in [0.05, 0.1) is 0 Å². The van der Waals surface area contributed by atoms with Crippen LogP contribution in [-0.2, 0) is 0 Å². The molecule has 2 N–H and O–H groups in total. The van der Waals surface area contributed by atoms with Crippen molar-refractivity contribution in [1.82, 2.24) is 10.9 Å². The standard InChI is InChI=1S/C13H14N2/c1-2-4-11-9-12(6-5-10(11)3-1)13-7-8-14-15-13/h1-6,9,13-15H,7-8H2. The molecule has 15 heavy (non-hydrogen) atoms. The molecular formula is C13H14N2. The summed E-state index contributed by atoms with van der Waals surface area (Å²) >= 11 is 0. The van der Waals surface area contributed by atoms with Crippen LogP contribution in [0.4, 0.5) is 0 Å². The fourth-order valence-corrected chi connectivity index (χ4v) is 2.16. The highest BCUT2D eigenvalue weighted by Crippen LogP contribution is 2.23. The van der Waals surface area contributed by atoms with Crippen LogP contribution in [0.15, 0.2) is 42.5 Å². The molecule has 0 spiro atoms. The molecule has 76 valence electrons. The molecule has 2 aromatic rings. The lowest BCUT2D eigenvalue weighted by atomic mass is 10.0. The van der Waals surface area contributed by atoms with E-state index in [4.69, 9.17) is 0 Å². The Labute approximate surface area is 89.3 Å². The molecule has 2 nitrogen and oxygen atoms in total. The van der Waals surface area contributed by atoms with Crippen molar-refractivity contribution in [1.29, 1.82) is 0 Å². The zero-order valence-corrected chi connectivity index (χ0v) is 8.53. The molecule has 3 rings (SSSR count). The highest BCUT2D eigenvalue weighted by Gasteiger charge is 2.15. The minimum Gasteiger partial charge on any atom is -0.257 e. The summed E-state index contributed by atoms with van der Waals surface area (Å²) in [6.07, 6.45) is 1.17. The predicted octanol–water partition coefficient (Wildman–Crippen LogP) is 2.38. The van der Waals surface area contributed by atoms with Crippen LogP contribution < -0.4 is 10.9 Å². The molecule has 1 fully saturated rings. The van der Waals surface area contributed by atoms with Gasteiger partial charge >= 0.3 is 0 Å². The number of nitrogens with one attached hydrogen (secondary N) is 2. The van der Waals surface area contributed by atoms with Crippen molar-refractivity contribution in [3.05, 3.63) is 48.0 Å². The van der Waals surface area contributed by atoms with E-state index in [-0.39, 0.29) is 0 Å². The van der Waals surface area contributed by atoms with Crippen molar-refractivity contribution in [3.63, 3.8) is 0 Å². The van der Waals surface area contributed by atoms with Crippen LogP contribution in [0.2, 0.25) is 0 Å². The van der Waals surface area contributed by atoms with Gasteiger partial charge in [-0.3, -0.25) is 10.9 Å². The van der Waals surface area contributed by atoms with Crippen molar-refractivity contribution in [2.24, 2.45) is 0 Å². The predicted molar refractivity (Wildman–Crippen MR) is 62.4 cm³/mol. The molecule has 1 aliphatic rings. The lowest BCUT2D eigenvalue weighted by molar-refractivity contribution is 0.581. The van der Waals surface area contributed by atoms with Gasteiger partial charge in [-0.1, -0.05) is 36.4 Å². The van der Waals surface area contributed by atoms with Gasteiger partial charge in [0.25, 0.3) is 0 Å². The van der Waals surface area contributed by atoms with Crippen LogP contribution in [0.3, 0.4) is 0 Å². The fraction of sp³-hybridized carbons (Fsp3) is 0.231. The fourth-order valence-electron chi connectivity index (χ4n) is 2.16. The second-order valence-electron chi connectivity index (χ2n) is 4.02. The SMILES string of the molecule is c1ccc2cc(C3CCNN3)ccc2c1. The van der Waals surface area contributed by atoms with Gasteiger partial charge in [0, 0.05) is 12.6 Å². The van der Waals surface area contributed by atoms with Crippen LogP contribution in [-0.4, -0.2) is 6.54 Å². The Morgan fingerprint density at radius 3 is 2.67 bits per heavy atom. The second-order valence-corrected chi connectivity index (χ2v) is 4.02. The molecule has 1 saturated heterocycles. The average Bonchev–Trinajstić information content (AvgIpc) is 2.82. The Hall–Kier alpha value is -1.38. The average molecular weight is 198 g/mol. The summed E-state index contributed by atoms with van der Waals surface area (Å²) in [6, 6.07) is 15.6. The first-order chi connectivity index (χ1) is 7.43. The maximum Gasteiger partial charge on any atom is 0.0475 e. The number of hydrazine groups is 1. The smallest absolute Gasteiger partial charge is 0.0475 e. The van der Waals surface area contributed by atoms with Crippen molar-refractivity contribution < 1.29 is 0 Å². The molecule has 0 bridgehead atoms. The Morgan fingerprint density at radius 1 is 1.00 bits per heavy atom. The van der Waals surface area contributed by atoms with E-state index in [2.05, 4.69) is 53.3 Å². The first-order valence-electron chi connectivity index (χ1n) is 5.40. The molecule has 1 unspecified atom stereocenters. The first-order valence-corrected chi connectivity index (χ1v) is 5.40. The Bertz CT molecular complexity index is 473. The molecule has 1 atom stereocenters. The van der Waals surface area contributed by atoms with Gasteiger partial charge in [-0.2, -0.15) is 0 Å². The quantitative estimate of drug-likeness (QED) is 0.735. The van der Waals surface area contributed by atoms with E-state index < -0.39 is 0 Å². The van der Waals surface area contributed by atoms with Crippen molar-refractivity contribution in [3.8, 4) is 0 Å². The van der Waals surface area contributed by atoms with E-state index in [1.165, 1.54) is 22.8 Å². The van der Waals surface area contributed by atoms with E-state index in [1.807, 2.05) is 0 Å². The van der Waals surface area contributed by atoms with Crippen molar-refractivity contribution in [2.75, 3.05) is 6.54 Å². The largest absolute Gasteiger partial charge is 0.257 e. The zero-order valence-electron chi connectivity index (χ0n) is 8.53. The molecule has 0 aliphatic carbocycles. The van der Waals surface area contributed by atoms with Crippen molar-refractivity contribution in [2.45, 2.75) is 12.5 Å². The molecule has 2 heteroatoms. The van der Waals surface area contributed by atoms with Crippen LogP contribution in [0.5, 0.6) is 0 Å². The Balaban J connectivity index is 2.05. The molecule has 1 aliphatic heterocycles. The summed E-state index contributed by atoms with van der Waals surface area (Å²) in [5, 5.41) is 2.64. The van der Waals surface area contributed by atoms with Gasteiger partial charge in [0.15, 0.2) is 0 Å². The molecule has 0 amide bonds. The summed E-state index contributed by atoms with van der Waals surface area (Å²) in [5.41, 5.74) is 7.83. The van der Waals surface area contributed by atoms with E-state index in [9.17, 15) is 0 Å². The molecule has 1 heterocycles. The number of rotatable bonds is 1. The monoisotopic (exact) mass is 198 g/mol. The molecule has 0 saturated carbocycles. The maximum absolute atomic E-state index is 3.29. The Kier molecular flexibility index (Phi) is 2.16. The molecule has 0 aromatic heterocycles. The first kappa shape index (κ1) is 8.89. The summed E-state index contributed by atoms with van der Waals surface area (Å²) in [7, 11) is 0. The topological polar surface area (TPSA) is 24.1 Å². The minimum absolute atomic E-state index is 0.467. The van der Waals surface area contributed by atoms with Gasteiger partial charge in [0.1, 0.15) is 0 Å². The zero-order chi connectivity index (χ0) is 10.1. The summed E-state index contributed by atoms with van der Waals surface area (Å²) in [5.74, 6) is 0. The van der Waals surface area contributed by atoms with Crippen LogP contribution in [0, 0.1) is 0 Å². The number of hydrogen-bond donors (Lipinski definition) is 2. The van der Waals surface area contributed by atoms with Gasteiger partial charge in [0.2, 0.25) is 0 Å². The third-order valence-corrected chi connectivity index (χ3v) is 3.01. The van der Waals surface area contributed by atoms with E-state index in [0.717, 1.165) is 6.54 Å². The van der Waals surface area contributed by atoms with Gasteiger partial charge in [-0.05, 0) is 28.8 Å². The van der Waals surface area contributed by atoms with Crippen LogP contribution >= 0.6 is 0 Å². The van der Waals surface area contributed by atoms with Crippen molar-refractivity contribution >= 4 is 10.8 Å². The number of fused-ring (bicyclic) bond motifs is 1. The molecule has 2 aromatic carbocycles. The normalized spacial score (nSPS) is 20.9. The van der Waals surface area contributed by atoms with Gasteiger partial charge < -0.3 is 0 Å². The van der Waals surface area contributed by atoms with E-state index >= 15 is 0 Å². The van der Waals surface area contributed by atoms with Gasteiger partial charge in [-0.25, -0.2) is 0 Å². The molecular weight excluding hydrogens is 184 g/mol. The summed E-state index contributed by atoms with van der Waals surface area (Å²) < 4.78 is 0. The highest BCUT2D eigenvalue weighted by atomic mass is 15.4. The highest BCUT2D eigenvalue weighted by molar-refractivity contribution is 5.83. The Morgan fingerprint density at radius 2 is 1.87 bits per heavy atom. The number of benzene rings is 2. The minimum atomic E-state index is 0.467. The molecule has 0 radical (unpaired) electrons. The summed E-state index contributed by atoms with van der Waals surface area (Å²) in [4.78, 5) is 0. The van der Waals surface area contributed by atoms with E-state index in [0.29, 0.717) is 6.04 Å². The maximum atomic E-state index is 3.29. The third-order valence-electron chi connectivity index (χ3n) is 3.01. The summed E-state index contributed by atoms with van der Waals surface area (Å²) in [6.45, 7) is 1.05. The second kappa shape index (κ2) is 3.65. The number of hydrogen-bond acceptors (Lipinski definition) is 2. The van der Waals surface area contributed by atoms with Crippen LogP contribution in [0.25, 0.3) is 10.8 Å².